The Kier molecular flexibility index (Phi) is 3.72. The SMILES string of the molecule is C[C@@H]1CC[C@@]2(C)[C@@H](CC[C@@H]3[C@@H]2[C@@H](CO)C[C@]2(C)C(=O)CC[C@@H]32)C1. The summed E-state index contributed by atoms with van der Waals surface area (Å²) in [4.78, 5) is 12.6. The minimum atomic E-state index is -0.125. The van der Waals surface area contributed by atoms with E-state index in [1.165, 1.54) is 32.1 Å². The van der Waals surface area contributed by atoms with Crippen molar-refractivity contribution >= 4 is 5.78 Å². The van der Waals surface area contributed by atoms with Crippen LogP contribution >= 0.6 is 0 Å². The van der Waals surface area contributed by atoms with Crippen LogP contribution in [0.4, 0.5) is 0 Å². The highest BCUT2D eigenvalue weighted by Gasteiger charge is 2.62. The molecule has 0 bridgehead atoms. The van der Waals surface area contributed by atoms with Gasteiger partial charge in [-0.25, -0.2) is 0 Å². The zero-order valence-electron chi connectivity index (χ0n) is 15.2. The molecule has 4 aliphatic carbocycles. The molecule has 0 radical (unpaired) electrons. The Morgan fingerprint density at radius 3 is 2.70 bits per heavy atom. The van der Waals surface area contributed by atoms with Crippen LogP contribution < -0.4 is 0 Å². The van der Waals surface area contributed by atoms with Crippen LogP contribution in [-0.2, 0) is 4.79 Å². The first-order chi connectivity index (χ1) is 10.9. The standard InChI is InChI=1S/C21H34O2/c1-13-8-9-20(2)15(10-13)4-5-16-17-6-7-18(23)21(17,3)11-14(12-22)19(16)20/h13-17,19,22H,4-12H2,1-3H3/t13-,14-,15+,16+,17+,19+,20+,21+/m1/s1. The molecular weight excluding hydrogens is 284 g/mol. The maximum Gasteiger partial charge on any atom is 0.139 e. The average molecular weight is 319 g/mol. The third kappa shape index (κ3) is 2.12. The van der Waals surface area contributed by atoms with Gasteiger partial charge in [-0.3, -0.25) is 4.79 Å². The van der Waals surface area contributed by atoms with Gasteiger partial charge < -0.3 is 5.11 Å². The first kappa shape index (κ1) is 16.1. The molecule has 0 aromatic heterocycles. The lowest BCUT2D eigenvalue weighted by atomic mass is 9.42. The molecule has 130 valence electrons. The highest BCUT2D eigenvalue weighted by atomic mass is 16.3. The number of carbonyl (C=O) groups excluding carboxylic acids is 1. The first-order valence-corrected chi connectivity index (χ1v) is 10.0. The van der Waals surface area contributed by atoms with Crippen molar-refractivity contribution in [3.63, 3.8) is 0 Å². The summed E-state index contributed by atoms with van der Waals surface area (Å²) < 4.78 is 0. The third-order valence-corrected chi connectivity index (χ3v) is 8.95. The predicted molar refractivity (Wildman–Crippen MR) is 91.9 cm³/mol. The van der Waals surface area contributed by atoms with Gasteiger partial charge in [0.2, 0.25) is 0 Å². The molecule has 0 amide bonds. The molecule has 1 N–H and O–H groups in total. The van der Waals surface area contributed by atoms with Crippen LogP contribution in [0.25, 0.3) is 0 Å². The minimum absolute atomic E-state index is 0.125. The summed E-state index contributed by atoms with van der Waals surface area (Å²) in [6.07, 6.45) is 9.61. The van der Waals surface area contributed by atoms with Gasteiger partial charge in [-0.05, 0) is 79.4 Å². The molecule has 0 saturated heterocycles. The monoisotopic (exact) mass is 318 g/mol. The molecule has 23 heavy (non-hydrogen) atoms. The Balaban J connectivity index is 1.71. The second-order valence-corrected chi connectivity index (χ2v) is 9.98. The third-order valence-electron chi connectivity index (χ3n) is 8.95. The number of hydrogen-bond acceptors (Lipinski definition) is 2. The van der Waals surface area contributed by atoms with Crippen molar-refractivity contribution in [3.8, 4) is 0 Å². The van der Waals surface area contributed by atoms with Crippen LogP contribution in [0, 0.1) is 46.3 Å². The van der Waals surface area contributed by atoms with Crippen molar-refractivity contribution in [2.24, 2.45) is 46.3 Å². The van der Waals surface area contributed by atoms with Gasteiger partial charge in [0.25, 0.3) is 0 Å². The highest BCUT2D eigenvalue weighted by molar-refractivity contribution is 5.87. The number of ketones is 1. The molecule has 0 spiro atoms. The van der Waals surface area contributed by atoms with E-state index in [2.05, 4.69) is 20.8 Å². The lowest BCUT2D eigenvalue weighted by molar-refractivity contribution is -0.158. The van der Waals surface area contributed by atoms with Crippen molar-refractivity contribution in [3.05, 3.63) is 0 Å². The smallest absolute Gasteiger partial charge is 0.139 e. The van der Waals surface area contributed by atoms with E-state index in [-0.39, 0.29) is 12.0 Å². The predicted octanol–water partition coefficient (Wildman–Crippen LogP) is 4.45. The molecule has 0 aromatic rings. The Bertz CT molecular complexity index is 500. The maximum absolute atomic E-state index is 12.6. The molecule has 8 atom stereocenters. The Morgan fingerprint density at radius 1 is 1.17 bits per heavy atom. The highest BCUT2D eigenvalue weighted by Crippen LogP contribution is 2.67. The van der Waals surface area contributed by atoms with E-state index in [0.717, 1.165) is 31.1 Å². The number of aliphatic hydroxyl groups excluding tert-OH is 1. The molecular formula is C21H34O2. The summed E-state index contributed by atoms with van der Waals surface area (Å²) in [5.41, 5.74) is 0.287. The number of rotatable bonds is 1. The fourth-order valence-corrected chi connectivity index (χ4v) is 7.82. The van der Waals surface area contributed by atoms with E-state index in [9.17, 15) is 9.90 Å². The summed E-state index contributed by atoms with van der Waals surface area (Å²) >= 11 is 0. The van der Waals surface area contributed by atoms with Gasteiger partial charge in [0.1, 0.15) is 5.78 Å². The van der Waals surface area contributed by atoms with Crippen LogP contribution in [0.5, 0.6) is 0 Å². The first-order valence-electron chi connectivity index (χ1n) is 10.0. The summed E-state index contributed by atoms with van der Waals surface area (Å²) in [7, 11) is 0. The molecule has 2 heteroatoms. The lowest BCUT2D eigenvalue weighted by Gasteiger charge is -2.62. The van der Waals surface area contributed by atoms with Crippen LogP contribution in [0.2, 0.25) is 0 Å². The van der Waals surface area contributed by atoms with Gasteiger partial charge in [-0.2, -0.15) is 0 Å². The van der Waals surface area contributed by atoms with E-state index >= 15 is 0 Å². The van der Waals surface area contributed by atoms with Crippen molar-refractivity contribution in [2.45, 2.75) is 72.1 Å². The largest absolute Gasteiger partial charge is 0.396 e. The average Bonchev–Trinajstić information content (AvgIpc) is 2.82. The Hall–Kier alpha value is -0.370. The number of aliphatic hydroxyl groups is 1. The molecule has 2 nitrogen and oxygen atoms in total. The van der Waals surface area contributed by atoms with Crippen LogP contribution in [-0.4, -0.2) is 17.5 Å². The summed E-state index contributed by atoms with van der Waals surface area (Å²) in [5.74, 6) is 4.50. The van der Waals surface area contributed by atoms with Crippen LogP contribution in [0.3, 0.4) is 0 Å². The zero-order chi connectivity index (χ0) is 16.4. The van der Waals surface area contributed by atoms with Crippen LogP contribution in [0.15, 0.2) is 0 Å². The van der Waals surface area contributed by atoms with Gasteiger partial charge in [-0.15, -0.1) is 0 Å². The van der Waals surface area contributed by atoms with E-state index in [1.807, 2.05) is 0 Å². The second kappa shape index (κ2) is 5.31. The normalized spacial score (nSPS) is 55.9. The molecule has 4 aliphatic rings. The molecule has 4 saturated carbocycles. The van der Waals surface area contributed by atoms with Gasteiger partial charge in [0, 0.05) is 18.4 Å². The van der Waals surface area contributed by atoms with Gasteiger partial charge in [-0.1, -0.05) is 27.2 Å². The van der Waals surface area contributed by atoms with E-state index in [1.54, 1.807) is 0 Å². The maximum atomic E-state index is 12.6. The van der Waals surface area contributed by atoms with Crippen molar-refractivity contribution < 1.29 is 9.90 Å². The van der Waals surface area contributed by atoms with Gasteiger partial charge >= 0.3 is 0 Å². The molecule has 0 unspecified atom stereocenters. The Labute approximate surface area is 141 Å². The zero-order valence-corrected chi connectivity index (χ0v) is 15.2. The molecule has 0 heterocycles. The topological polar surface area (TPSA) is 37.3 Å². The van der Waals surface area contributed by atoms with Crippen molar-refractivity contribution in [1.82, 2.24) is 0 Å². The van der Waals surface area contributed by atoms with Crippen LogP contribution in [0.1, 0.15) is 72.1 Å². The van der Waals surface area contributed by atoms with E-state index in [0.29, 0.717) is 34.9 Å². The fraction of sp³-hybridized carbons (Fsp3) is 0.952. The second-order valence-electron chi connectivity index (χ2n) is 9.98. The molecule has 4 rings (SSSR count). The van der Waals surface area contributed by atoms with Crippen molar-refractivity contribution in [2.75, 3.05) is 6.61 Å². The van der Waals surface area contributed by atoms with Crippen molar-refractivity contribution in [1.29, 1.82) is 0 Å². The van der Waals surface area contributed by atoms with Gasteiger partial charge in [0.15, 0.2) is 0 Å². The van der Waals surface area contributed by atoms with E-state index < -0.39 is 0 Å². The van der Waals surface area contributed by atoms with Gasteiger partial charge in [0.05, 0.1) is 0 Å². The summed E-state index contributed by atoms with van der Waals surface area (Å²) in [6.45, 7) is 7.48. The summed E-state index contributed by atoms with van der Waals surface area (Å²) in [5, 5.41) is 10.2. The quantitative estimate of drug-likeness (QED) is 0.775. The van der Waals surface area contributed by atoms with E-state index in [4.69, 9.17) is 0 Å². The number of hydrogen-bond donors (Lipinski definition) is 1. The number of fused-ring (bicyclic) bond motifs is 5. The number of carbonyl (C=O) groups is 1. The molecule has 0 aliphatic heterocycles. The molecule has 4 fully saturated rings. The minimum Gasteiger partial charge on any atom is -0.396 e. The molecule has 0 aromatic carbocycles. The summed E-state index contributed by atoms with van der Waals surface area (Å²) in [6, 6.07) is 0. The lowest BCUT2D eigenvalue weighted by Crippen LogP contribution is -2.57. The number of Topliss-reactive ketones (excluding diaryl/α,β-unsaturated/α-hetero) is 1. The fourth-order valence-electron chi connectivity index (χ4n) is 7.82. The Morgan fingerprint density at radius 2 is 1.96 bits per heavy atom.